The number of hydrogen-bond acceptors (Lipinski definition) is 3. The highest BCUT2D eigenvalue weighted by Gasteiger charge is 2.20. The fraction of sp³-hybridized carbons (Fsp3) is 0.294. The van der Waals surface area contributed by atoms with Gasteiger partial charge in [0.25, 0.3) is 5.56 Å². The van der Waals surface area contributed by atoms with E-state index in [1.807, 2.05) is 31.2 Å². The lowest BCUT2D eigenvalue weighted by molar-refractivity contribution is 0.699. The highest BCUT2D eigenvalue weighted by molar-refractivity contribution is 7.18. The van der Waals surface area contributed by atoms with Crippen LogP contribution in [0.2, 0.25) is 0 Å². The van der Waals surface area contributed by atoms with E-state index in [2.05, 4.69) is 4.98 Å². The van der Waals surface area contributed by atoms with E-state index >= 15 is 0 Å². The first kappa shape index (κ1) is 12.8. The SMILES string of the molecule is Cc1ccc(-n2cnc3sc4c(c3c2=O)CCCC4)cc1. The Labute approximate surface area is 126 Å². The molecule has 3 aromatic rings. The summed E-state index contributed by atoms with van der Waals surface area (Å²) in [4.78, 5) is 19.7. The van der Waals surface area contributed by atoms with Gasteiger partial charge in [0.1, 0.15) is 11.2 Å². The Morgan fingerprint density at radius 1 is 1.14 bits per heavy atom. The minimum atomic E-state index is 0.0725. The van der Waals surface area contributed by atoms with Crippen molar-refractivity contribution in [3.8, 4) is 5.69 Å². The Bertz CT molecular complexity index is 874. The molecule has 2 aromatic heterocycles. The van der Waals surface area contributed by atoms with Gasteiger partial charge in [-0.05, 0) is 50.3 Å². The van der Waals surface area contributed by atoms with Crippen LogP contribution in [0.1, 0.15) is 28.8 Å². The maximum atomic E-state index is 12.9. The van der Waals surface area contributed by atoms with Gasteiger partial charge in [0, 0.05) is 4.88 Å². The van der Waals surface area contributed by atoms with Gasteiger partial charge in [-0.2, -0.15) is 0 Å². The predicted octanol–water partition coefficient (Wildman–Crippen LogP) is 3.63. The molecule has 4 heteroatoms. The molecule has 0 radical (unpaired) electrons. The van der Waals surface area contributed by atoms with Crippen LogP contribution in [-0.4, -0.2) is 9.55 Å². The summed E-state index contributed by atoms with van der Waals surface area (Å²) in [6.45, 7) is 2.04. The van der Waals surface area contributed by atoms with E-state index in [0.29, 0.717) is 0 Å². The third-order valence-corrected chi connectivity index (χ3v) is 5.39. The second-order valence-electron chi connectivity index (χ2n) is 5.65. The molecule has 2 heterocycles. The third-order valence-electron chi connectivity index (χ3n) is 4.19. The largest absolute Gasteiger partial charge is 0.268 e. The Morgan fingerprint density at radius 2 is 1.90 bits per heavy atom. The van der Waals surface area contributed by atoms with Crippen LogP contribution in [0.25, 0.3) is 15.9 Å². The normalized spacial score (nSPS) is 14.3. The number of thiophene rings is 1. The molecular formula is C17H16N2OS. The van der Waals surface area contributed by atoms with Crippen molar-refractivity contribution in [2.45, 2.75) is 32.6 Å². The van der Waals surface area contributed by atoms with E-state index in [-0.39, 0.29) is 5.56 Å². The quantitative estimate of drug-likeness (QED) is 0.687. The number of aromatic nitrogens is 2. The summed E-state index contributed by atoms with van der Waals surface area (Å²) in [6, 6.07) is 8.00. The molecule has 0 saturated heterocycles. The number of fused-ring (bicyclic) bond motifs is 3. The van der Waals surface area contributed by atoms with Crippen LogP contribution in [0.3, 0.4) is 0 Å². The van der Waals surface area contributed by atoms with Crippen LogP contribution >= 0.6 is 11.3 Å². The van der Waals surface area contributed by atoms with Crippen molar-refractivity contribution >= 4 is 21.6 Å². The lowest BCUT2D eigenvalue weighted by Crippen LogP contribution is -2.19. The molecule has 4 rings (SSSR count). The number of rotatable bonds is 1. The smallest absolute Gasteiger partial charge is 0.266 e. The van der Waals surface area contributed by atoms with E-state index in [0.717, 1.165) is 28.7 Å². The van der Waals surface area contributed by atoms with E-state index in [1.165, 1.54) is 28.8 Å². The van der Waals surface area contributed by atoms with Crippen molar-refractivity contribution in [2.24, 2.45) is 0 Å². The molecule has 21 heavy (non-hydrogen) atoms. The van der Waals surface area contributed by atoms with Gasteiger partial charge in [0.05, 0.1) is 11.1 Å². The summed E-state index contributed by atoms with van der Waals surface area (Å²) in [6.07, 6.45) is 6.19. The van der Waals surface area contributed by atoms with Crippen LogP contribution in [0.15, 0.2) is 35.4 Å². The van der Waals surface area contributed by atoms with Gasteiger partial charge in [-0.1, -0.05) is 17.7 Å². The molecule has 1 aliphatic carbocycles. The number of aryl methyl sites for hydroxylation is 3. The lowest BCUT2D eigenvalue weighted by Gasteiger charge is -2.10. The maximum Gasteiger partial charge on any atom is 0.266 e. The fourth-order valence-corrected chi connectivity index (χ4v) is 4.25. The van der Waals surface area contributed by atoms with Crippen LogP contribution in [0.4, 0.5) is 0 Å². The molecule has 0 atom stereocenters. The maximum absolute atomic E-state index is 12.9. The monoisotopic (exact) mass is 296 g/mol. The molecule has 0 fully saturated rings. The Hall–Kier alpha value is -1.94. The Kier molecular flexibility index (Phi) is 2.93. The average Bonchev–Trinajstić information content (AvgIpc) is 2.88. The molecule has 0 N–H and O–H groups in total. The summed E-state index contributed by atoms with van der Waals surface area (Å²) < 4.78 is 1.67. The van der Waals surface area contributed by atoms with Crippen LogP contribution in [0.5, 0.6) is 0 Å². The molecule has 106 valence electrons. The second-order valence-corrected chi connectivity index (χ2v) is 6.73. The highest BCUT2D eigenvalue weighted by Crippen LogP contribution is 2.33. The van der Waals surface area contributed by atoms with Crippen LogP contribution in [0, 0.1) is 6.92 Å². The first-order chi connectivity index (χ1) is 10.2. The topological polar surface area (TPSA) is 34.9 Å². The molecule has 1 aromatic carbocycles. The van der Waals surface area contributed by atoms with Gasteiger partial charge in [0.2, 0.25) is 0 Å². The van der Waals surface area contributed by atoms with E-state index in [1.54, 1.807) is 22.2 Å². The van der Waals surface area contributed by atoms with Gasteiger partial charge in [-0.3, -0.25) is 9.36 Å². The van der Waals surface area contributed by atoms with Gasteiger partial charge in [0.15, 0.2) is 0 Å². The molecule has 3 nitrogen and oxygen atoms in total. The average molecular weight is 296 g/mol. The number of benzene rings is 1. The zero-order valence-corrected chi connectivity index (χ0v) is 12.7. The van der Waals surface area contributed by atoms with E-state index in [4.69, 9.17) is 0 Å². The van der Waals surface area contributed by atoms with Crippen molar-refractivity contribution in [3.63, 3.8) is 0 Å². The zero-order chi connectivity index (χ0) is 14.4. The van der Waals surface area contributed by atoms with Gasteiger partial charge in [-0.15, -0.1) is 11.3 Å². The van der Waals surface area contributed by atoms with Crippen LogP contribution < -0.4 is 5.56 Å². The first-order valence-electron chi connectivity index (χ1n) is 7.33. The lowest BCUT2D eigenvalue weighted by atomic mass is 9.97. The highest BCUT2D eigenvalue weighted by atomic mass is 32.1. The summed E-state index contributed by atoms with van der Waals surface area (Å²) in [7, 11) is 0. The molecular weight excluding hydrogens is 280 g/mol. The van der Waals surface area contributed by atoms with Crippen molar-refractivity contribution < 1.29 is 0 Å². The third kappa shape index (κ3) is 2.02. The minimum Gasteiger partial charge on any atom is -0.268 e. The summed E-state index contributed by atoms with van der Waals surface area (Å²) in [5.41, 5.74) is 3.40. The predicted molar refractivity (Wildman–Crippen MR) is 86.6 cm³/mol. The van der Waals surface area contributed by atoms with Crippen molar-refractivity contribution in [1.82, 2.24) is 9.55 Å². The molecule has 0 amide bonds. The van der Waals surface area contributed by atoms with Gasteiger partial charge in [-0.25, -0.2) is 4.98 Å². The molecule has 0 bridgehead atoms. The molecule has 0 unspecified atom stereocenters. The fourth-order valence-electron chi connectivity index (χ4n) is 3.04. The molecule has 1 aliphatic rings. The summed E-state index contributed by atoms with van der Waals surface area (Å²) in [5, 5.41) is 0.845. The number of nitrogens with zero attached hydrogens (tertiary/aromatic N) is 2. The molecule has 0 spiro atoms. The second kappa shape index (κ2) is 4.81. The first-order valence-corrected chi connectivity index (χ1v) is 8.14. The van der Waals surface area contributed by atoms with Crippen LogP contribution in [-0.2, 0) is 12.8 Å². The van der Waals surface area contributed by atoms with E-state index < -0.39 is 0 Å². The van der Waals surface area contributed by atoms with Crippen molar-refractivity contribution in [1.29, 1.82) is 0 Å². The van der Waals surface area contributed by atoms with Gasteiger partial charge >= 0.3 is 0 Å². The standard InChI is InChI=1S/C17H16N2OS/c1-11-6-8-12(9-7-11)19-10-18-16-15(17(19)20)13-4-2-3-5-14(13)21-16/h6-10H,2-5H2,1H3. The Balaban J connectivity index is 1.97. The zero-order valence-electron chi connectivity index (χ0n) is 11.9. The molecule has 0 saturated carbocycles. The van der Waals surface area contributed by atoms with Crippen molar-refractivity contribution in [3.05, 3.63) is 57.0 Å². The van der Waals surface area contributed by atoms with E-state index in [9.17, 15) is 4.79 Å². The Morgan fingerprint density at radius 3 is 2.71 bits per heavy atom. The van der Waals surface area contributed by atoms with Crippen molar-refractivity contribution in [2.75, 3.05) is 0 Å². The minimum absolute atomic E-state index is 0.0725. The summed E-state index contributed by atoms with van der Waals surface area (Å²) in [5.74, 6) is 0. The molecule has 0 aliphatic heterocycles. The van der Waals surface area contributed by atoms with Gasteiger partial charge < -0.3 is 0 Å². The summed E-state index contributed by atoms with van der Waals surface area (Å²) >= 11 is 1.70. The number of hydrogen-bond donors (Lipinski definition) is 0.